The molecule has 1 aromatic carbocycles. The van der Waals surface area contributed by atoms with Gasteiger partial charge in [0.1, 0.15) is 10.7 Å². The van der Waals surface area contributed by atoms with Crippen LogP contribution in [0.1, 0.15) is 38.5 Å². The van der Waals surface area contributed by atoms with E-state index in [1.807, 2.05) is 0 Å². The average molecular weight is 381 g/mol. The van der Waals surface area contributed by atoms with Crippen LogP contribution in [0.4, 0.5) is 23.2 Å². The highest BCUT2D eigenvalue weighted by Gasteiger charge is 2.48. The van der Waals surface area contributed by atoms with Crippen LogP contribution in [-0.2, 0) is 14.6 Å². The van der Waals surface area contributed by atoms with E-state index in [9.17, 15) is 26.0 Å². The Labute approximate surface area is 143 Å². The fourth-order valence-corrected chi connectivity index (χ4v) is 4.63. The summed E-state index contributed by atoms with van der Waals surface area (Å²) in [5.41, 5.74) is -5.99. The number of hydrogen-bond donors (Lipinski definition) is 1. The third kappa shape index (κ3) is 3.62. The van der Waals surface area contributed by atoms with Gasteiger partial charge in [0, 0.05) is 12.6 Å². The highest BCUT2D eigenvalue weighted by molar-refractivity contribution is 7.92. The van der Waals surface area contributed by atoms with Gasteiger partial charge in [0.25, 0.3) is 9.84 Å². The summed E-state index contributed by atoms with van der Waals surface area (Å²) in [7, 11) is -5.64. The van der Waals surface area contributed by atoms with Crippen molar-refractivity contribution >= 4 is 15.5 Å². The number of ether oxygens (including phenoxy) is 1. The van der Waals surface area contributed by atoms with E-state index in [0.29, 0.717) is 25.5 Å². The van der Waals surface area contributed by atoms with Gasteiger partial charge in [0.05, 0.1) is 11.3 Å². The fourth-order valence-electron chi connectivity index (χ4n) is 3.70. The van der Waals surface area contributed by atoms with Crippen molar-refractivity contribution in [3.63, 3.8) is 0 Å². The Morgan fingerprint density at radius 2 is 1.88 bits per heavy atom. The van der Waals surface area contributed by atoms with Crippen LogP contribution in [0.25, 0.3) is 0 Å². The smallest absolute Gasteiger partial charge is 0.381 e. The van der Waals surface area contributed by atoms with Crippen molar-refractivity contribution in [2.45, 2.75) is 60.6 Å². The second-order valence-electron chi connectivity index (χ2n) is 6.66. The highest BCUT2D eigenvalue weighted by Crippen LogP contribution is 2.41. The van der Waals surface area contributed by atoms with Crippen molar-refractivity contribution in [3.05, 3.63) is 24.0 Å². The Morgan fingerprint density at radius 1 is 1.20 bits per heavy atom. The molecule has 2 fully saturated rings. The van der Waals surface area contributed by atoms with E-state index >= 15 is 0 Å². The number of benzene rings is 1. The molecule has 1 aliphatic heterocycles. The lowest BCUT2D eigenvalue weighted by Gasteiger charge is -2.39. The van der Waals surface area contributed by atoms with Crippen LogP contribution >= 0.6 is 0 Å². The Hall–Kier alpha value is -1.35. The lowest BCUT2D eigenvalue weighted by Crippen LogP contribution is -2.42. The SMILES string of the molecule is O=S(=O)(c1cc(F)ccc1NC1CCOC2(CCCC2)C1)C(F)(F)F. The number of hydrogen-bond acceptors (Lipinski definition) is 4. The van der Waals surface area contributed by atoms with Crippen LogP contribution in [0, 0.1) is 5.82 Å². The zero-order valence-electron chi connectivity index (χ0n) is 13.4. The van der Waals surface area contributed by atoms with E-state index in [1.54, 1.807) is 0 Å². The third-order valence-corrected chi connectivity index (χ3v) is 6.43. The van der Waals surface area contributed by atoms with Gasteiger partial charge in [0.2, 0.25) is 0 Å². The first-order chi connectivity index (χ1) is 11.6. The number of nitrogens with one attached hydrogen (secondary N) is 1. The molecule has 0 radical (unpaired) electrons. The molecule has 1 aliphatic carbocycles. The average Bonchev–Trinajstić information content (AvgIpc) is 2.95. The lowest BCUT2D eigenvalue weighted by molar-refractivity contribution is -0.0767. The second kappa shape index (κ2) is 6.42. The minimum Gasteiger partial charge on any atom is -0.381 e. The first kappa shape index (κ1) is 18.4. The molecule has 2 aliphatic rings. The van der Waals surface area contributed by atoms with E-state index in [1.165, 1.54) is 0 Å². The van der Waals surface area contributed by atoms with Gasteiger partial charge < -0.3 is 10.1 Å². The van der Waals surface area contributed by atoms with Crippen LogP contribution in [-0.4, -0.2) is 32.2 Å². The van der Waals surface area contributed by atoms with Crippen LogP contribution in [0.5, 0.6) is 0 Å². The monoisotopic (exact) mass is 381 g/mol. The van der Waals surface area contributed by atoms with Crippen LogP contribution in [0.2, 0.25) is 0 Å². The van der Waals surface area contributed by atoms with Gasteiger partial charge in [-0.3, -0.25) is 0 Å². The summed E-state index contributed by atoms with van der Waals surface area (Å²) < 4.78 is 81.5. The molecule has 0 bridgehead atoms. The first-order valence-corrected chi connectivity index (χ1v) is 9.63. The molecule has 1 saturated heterocycles. The Bertz CT molecular complexity index is 742. The summed E-state index contributed by atoms with van der Waals surface area (Å²) in [5, 5.41) is 2.88. The summed E-state index contributed by atoms with van der Waals surface area (Å²) in [6.45, 7) is 0.459. The number of anilines is 1. The summed E-state index contributed by atoms with van der Waals surface area (Å²) in [5.74, 6) is -1.03. The van der Waals surface area contributed by atoms with Gasteiger partial charge in [-0.15, -0.1) is 0 Å². The number of alkyl halides is 3. The van der Waals surface area contributed by atoms with Gasteiger partial charge >= 0.3 is 5.51 Å². The van der Waals surface area contributed by atoms with Gasteiger partial charge in [-0.2, -0.15) is 13.2 Å². The Morgan fingerprint density at radius 3 is 2.52 bits per heavy atom. The number of sulfone groups is 1. The quantitative estimate of drug-likeness (QED) is 0.804. The summed E-state index contributed by atoms with van der Waals surface area (Å²) in [4.78, 5) is -1.08. The molecule has 1 N–H and O–H groups in total. The maximum absolute atomic E-state index is 13.4. The summed E-state index contributed by atoms with van der Waals surface area (Å²) in [6, 6.07) is 2.18. The van der Waals surface area contributed by atoms with E-state index in [0.717, 1.165) is 37.8 Å². The predicted molar refractivity (Wildman–Crippen MR) is 83.4 cm³/mol. The second-order valence-corrected chi connectivity index (χ2v) is 8.57. The van der Waals surface area contributed by atoms with Crippen molar-refractivity contribution in [1.82, 2.24) is 0 Å². The highest BCUT2D eigenvalue weighted by atomic mass is 32.2. The van der Waals surface area contributed by atoms with Crippen molar-refractivity contribution in [3.8, 4) is 0 Å². The molecule has 4 nitrogen and oxygen atoms in total. The minimum atomic E-state index is -5.64. The van der Waals surface area contributed by atoms with Gasteiger partial charge in [0.15, 0.2) is 0 Å². The normalized spacial score (nSPS) is 23.8. The molecular formula is C16H19F4NO3S. The van der Waals surface area contributed by atoms with Crippen molar-refractivity contribution in [1.29, 1.82) is 0 Å². The van der Waals surface area contributed by atoms with Gasteiger partial charge in [-0.25, -0.2) is 12.8 Å². The van der Waals surface area contributed by atoms with Crippen molar-refractivity contribution in [2.24, 2.45) is 0 Å². The molecule has 1 saturated carbocycles. The maximum atomic E-state index is 13.4. The Balaban J connectivity index is 1.88. The van der Waals surface area contributed by atoms with Crippen LogP contribution in [0.15, 0.2) is 23.1 Å². The molecule has 1 atom stereocenters. The predicted octanol–water partition coefficient (Wildman–Crippen LogP) is 4.02. The topological polar surface area (TPSA) is 55.4 Å². The largest absolute Gasteiger partial charge is 0.501 e. The lowest BCUT2D eigenvalue weighted by atomic mass is 9.89. The zero-order chi connectivity index (χ0) is 18.3. The molecule has 1 spiro atoms. The molecule has 1 heterocycles. The maximum Gasteiger partial charge on any atom is 0.501 e. The zero-order valence-corrected chi connectivity index (χ0v) is 14.2. The molecule has 25 heavy (non-hydrogen) atoms. The van der Waals surface area contributed by atoms with Crippen molar-refractivity contribution in [2.75, 3.05) is 11.9 Å². The molecule has 0 amide bonds. The van der Waals surface area contributed by atoms with E-state index in [-0.39, 0.29) is 17.3 Å². The number of halogens is 4. The fraction of sp³-hybridized carbons (Fsp3) is 0.625. The van der Waals surface area contributed by atoms with Crippen molar-refractivity contribution < 1.29 is 30.7 Å². The summed E-state index contributed by atoms with van der Waals surface area (Å²) in [6.07, 6.45) is 5.00. The minimum absolute atomic E-state index is 0.223. The first-order valence-electron chi connectivity index (χ1n) is 8.14. The molecule has 140 valence electrons. The van der Waals surface area contributed by atoms with Gasteiger partial charge in [-0.05, 0) is 43.9 Å². The van der Waals surface area contributed by atoms with E-state index < -0.39 is 26.1 Å². The van der Waals surface area contributed by atoms with Crippen LogP contribution in [0.3, 0.4) is 0 Å². The Kier molecular flexibility index (Phi) is 4.74. The molecular weight excluding hydrogens is 362 g/mol. The van der Waals surface area contributed by atoms with Crippen LogP contribution < -0.4 is 5.32 Å². The van der Waals surface area contributed by atoms with E-state index in [4.69, 9.17) is 4.74 Å². The molecule has 1 aromatic rings. The molecule has 3 rings (SSSR count). The number of rotatable bonds is 3. The molecule has 1 unspecified atom stereocenters. The molecule has 0 aromatic heterocycles. The standard InChI is InChI=1S/C16H19F4NO3S/c17-11-3-4-13(14(9-11)25(22,23)16(18,19)20)21-12-5-8-24-15(10-12)6-1-2-7-15/h3-4,9,12,21H,1-2,5-8,10H2. The van der Waals surface area contributed by atoms with Gasteiger partial charge in [-0.1, -0.05) is 12.8 Å². The molecule has 9 heteroatoms. The van der Waals surface area contributed by atoms with E-state index in [2.05, 4.69) is 5.32 Å². The summed E-state index contributed by atoms with van der Waals surface area (Å²) >= 11 is 0. The third-order valence-electron chi connectivity index (χ3n) is 4.91.